The minimum absolute atomic E-state index is 0.0739. The number of ether oxygens (including phenoxy) is 1. The van der Waals surface area contributed by atoms with Gasteiger partial charge in [0, 0.05) is 34.9 Å². The molecule has 0 amide bonds. The first-order valence-corrected chi connectivity index (χ1v) is 12.1. The molecular formula is C24H31F3N4O2S. The van der Waals surface area contributed by atoms with Crippen LogP contribution >= 0.6 is 11.8 Å². The van der Waals surface area contributed by atoms with Crippen molar-refractivity contribution in [2.45, 2.75) is 44.4 Å². The lowest BCUT2D eigenvalue weighted by atomic mass is 10.0. The number of aromatic nitrogens is 1. The van der Waals surface area contributed by atoms with Crippen LogP contribution in [0.15, 0.2) is 50.4 Å². The van der Waals surface area contributed by atoms with E-state index in [2.05, 4.69) is 64.7 Å². The molecule has 186 valence electrons. The van der Waals surface area contributed by atoms with Gasteiger partial charge in [-0.1, -0.05) is 19.9 Å². The number of alkyl halides is 3. The SMILES string of the molecule is C=N/C(=C(\C=NCCn1c(C(NC)C(C)C)cc2ccc(SC)cc21)C(=O)OCC)C(F)(F)F. The van der Waals surface area contributed by atoms with Gasteiger partial charge >= 0.3 is 12.1 Å². The smallest absolute Gasteiger partial charge is 0.434 e. The van der Waals surface area contributed by atoms with Crippen molar-refractivity contribution in [2.24, 2.45) is 15.9 Å². The van der Waals surface area contributed by atoms with Gasteiger partial charge in [-0.05, 0) is 56.4 Å². The first-order valence-electron chi connectivity index (χ1n) is 10.9. The molecule has 0 spiro atoms. The molecule has 2 rings (SSSR count). The summed E-state index contributed by atoms with van der Waals surface area (Å²) in [7, 11) is 1.90. The van der Waals surface area contributed by atoms with Crippen LogP contribution in [0.25, 0.3) is 10.9 Å². The molecule has 10 heteroatoms. The highest BCUT2D eigenvalue weighted by Crippen LogP contribution is 2.31. The van der Waals surface area contributed by atoms with E-state index in [1.807, 2.05) is 13.3 Å². The molecule has 0 aliphatic rings. The summed E-state index contributed by atoms with van der Waals surface area (Å²) in [5.41, 5.74) is -0.0999. The Bertz CT molecular complexity index is 1070. The number of aliphatic imine (C=N–C) groups is 2. The number of carbonyl (C=O) groups is 1. The van der Waals surface area contributed by atoms with Crippen LogP contribution < -0.4 is 5.32 Å². The Morgan fingerprint density at radius 3 is 2.56 bits per heavy atom. The van der Waals surface area contributed by atoms with Gasteiger partial charge in [0.1, 0.15) is 5.57 Å². The van der Waals surface area contributed by atoms with E-state index >= 15 is 0 Å². The summed E-state index contributed by atoms with van der Waals surface area (Å²) in [6.07, 6.45) is -1.98. The topological polar surface area (TPSA) is 68.0 Å². The predicted octanol–water partition coefficient (Wildman–Crippen LogP) is 5.43. The number of nitrogens with one attached hydrogen (secondary N) is 1. The Kier molecular flexibility index (Phi) is 9.93. The molecule has 1 unspecified atom stereocenters. The first kappa shape index (κ1) is 27.7. The fourth-order valence-corrected chi connectivity index (χ4v) is 4.21. The second-order valence-corrected chi connectivity index (χ2v) is 8.71. The van der Waals surface area contributed by atoms with Gasteiger partial charge < -0.3 is 14.6 Å². The van der Waals surface area contributed by atoms with Gasteiger partial charge in [-0.3, -0.25) is 9.98 Å². The zero-order chi connectivity index (χ0) is 25.5. The summed E-state index contributed by atoms with van der Waals surface area (Å²) in [5, 5.41) is 4.42. The second kappa shape index (κ2) is 12.2. The molecule has 0 aliphatic carbocycles. The van der Waals surface area contributed by atoms with Gasteiger partial charge in [0.05, 0.1) is 13.2 Å². The maximum atomic E-state index is 13.3. The standard InChI is InChI=1S/C24H31F3N4O2S/c1-7-33-23(32)18(22(29-5)24(25,26)27)14-30-10-11-31-19-13-17(34-6)9-8-16(19)12-20(31)21(28-4)15(2)3/h8-9,12-15,21,28H,5,7,10-11H2,1-4,6H3/b22-18+,30-14?. The van der Waals surface area contributed by atoms with Crippen molar-refractivity contribution < 1.29 is 22.7 Å². The molecule has 6 nitrogen and oxygen atoms in total. The molecule has 1 atom stereocenters. The number of rotatable bonds is 11. The number of fused-ring (bicyclic) bond motifs is 1. The number of hydrogen-bond acceptors (Lipinski definition) is 6. The monoisotopic (exact) mass is 496 g/mol. The van der Waals surface area contributed by atoms with Gasteiger partial charge in [-0.15, -0.1) is 11.8 Å². The van der Waals surface area contributed by atoms with Crippen LogP contribution in [-0.2, 0) is 16.1 Å². The number of halogens is 3. The highest BCUT2D eigenvalue weighted by atomic mass is 32.2. The lowest BCUT2D eigenvalue weighted by Gasteiger charge is -2.22. The number of benzene rings is 1. The predicted molar refractivity (Wildman–Crippen MR) is 133 cm³/mol. The third-order valence-corrected chi connectivity index (χ3v) is 6.02. The summed E-state index contributed by atoms with van der Waals surface area (Å²) < 4.78 is 46.9. The molecule has 0 bridgehead atoms. The Hall–Kier alpha value is -2.59. The fraction of sp³-hybridized carbons (Fsp3) is 0.458. The molecule has 0 saturated carbocycles. The molecule has 2 aromatic rings. The maximum absolute atomic E-state index is 13.3. The highest BCUT2D eigenvalue weighted by molar-refractivity contribution is 7.98. The molecule has 1 aromatic carbocycles. The summed E-state index contributed by atoms with van der Waals surface area (Å²) in [6, 6.07) is 8.40. The van der Waals surface area contributed by atoms with Crippen molar-refractivity contribution in [3.63, 3.8) is 0 Å². The molecular weight excluding hydrogens is 465 g/mol. The summed E-state index contributed by atoms with van der Waals surface area (Å²) in [6.45, 7) is 9.19. The van der Waals surface area contributed by atoms with Crippen molar-refractivity contribution in [1.82, 2.24) is 9.88 Å². The van der Waals surface area contributed by atoms with Crippen molar-refractivity contribution in [1.29, 1.82) is 0 Å². The molecule has 0 radical (unpaired) electrons. The molecule has 1 aromatic heterocycles. The lowest BCUT2D eigenvalue weighted by molar-refractivity contribution is -0.139. The average molecular weight is 497 g/mol. The van der Waals surface area contributed by atoms with E-state index in [9.17, 15) is 18.0 Å². The minimum atomic E-state index is -4.86. The number of carbonyl (C=O) groups excluding carboxylic acids is 1. The van der Waals surface area contributed by atoms with Crippen molar-refractivity contribution in [3.05, 3.63) is 41.2 Å². The number of nitrogens with zero attached hydrogens (tertiary/aromatic N) is 3. The van der Waals surface area contributed by atoms with E-state index in [1.165, 1.54) is 6.92 Å². The van der Waals surface area contributed by atoms with E-state index in [1.54, 1.807) is 11.8 Å². The molecule has 0 aliphatic heterocycles. The highest BCUT2D eigenvalue weighted by Gasteiger charge is 2.38. The van der Waals surface area contributed by atoms with Gasteiger partial charge in [0.25, 0.3) is 0 Å². The Morgan fingerprint density at radius 2 is 2.03 bits per heavy atom. The lowest BCUT2D eigenvalue weighted by Crippen LogP contribution is -2.25. The largest absolute Gasteiger partial charge is 0.462 e. The molecule has 1 heterocycles. The maximum Gasteiger partial charge on any atom is 0.434 e. The van der Waals surface area contributed by atoms with Crippen molar-refractivity contribution >= 4 is 41.6 Å². The van der Waals surface area contributed by atoms with Crippen LogP contribution in [-0.4, -0.2) is 56.1 Å². The average Bonchev–Trinajstić information content (AvgIpc) is 3.12. The number of thioether (sulfide) groups is 1. The zero-order valence-corrected chi connectivity index (χ0v) is 20.9. The van der Waals surface area contributed by atoms with Crippen LogP contribution in [0.4, 0.5) is 13.2 Å². The normalized spacial score (nSPS) is 14.0. The van der Waals surface area contributed by atoms with Crippen molar-refractivity contribution in [2.75, 3.05) is 26.5 Å². The zero-order valence-electron chi connectivity index (χ0n) is 20.1. The summed E-state index contributed by atoms with van der Waals surface area (Å²) in [4.78, 5) is 20.4. The number of hydrogen-bond donors (Lipinski definition) is 1. The quantitative estimate of drug-likeness (QED) is 0.195. The van der Waals surface area contributed by atoms with Crippen molar-refractivity contribution in [3.8, 4) is 0 Å². The van der Waals surface area contributed by atoms with Gasteiger partial charge in [-0.2, -0.15) is 13.2 Å². The van der Waals surface area contributed by atoms with Gasteiger partial charge in [0.2, 0.25) is 0 Å². The van der Waals surface area contributed by atoms with E-state index in [0.29, 0.717) is 12.5 Å². The Labute approximate surface area is 202 Å². The Morgan fingerprint density at radius 1 is 1.32 bits per heavy atom. The first-order chi connectivity index (χ1) is 16.1. The van der Waals surface area contributed by atoms with E-state index in [0.717, 1.165) is 27.7 Å². The minimum Gasteiger partial charge on any atom is -0.462 e. The molecule has 34 heavy (non-hydrogen) atoms. The second-order valence-electron chi connectivity index (χ2n) is 7.83. The molecule has 0 saturated heterocycles. The van der Waals surface area contributed by atoms with Crippen LogP contribution in [0.5, 0.6) is 0 Å². The van der Waals surface area contributed by atoms with E-state index in [-0.39, 0.29) is 19.2 Å². The fourth-order valence-electron chi connectivity index (χ4n) is 3.77. The summed E-state index contributed by atoms with van der Waals surface area (Å²) in [5.74, 6) is -0.833. The molecule has 0 fully saturated rings. The van der Waals surface area contributed by atoms with Crippen LogP contribution in [0.3, 0.4) is 0 Å². The number of esters is 1. The van der Waals surface area contributed by atoms with E-state index < -0.39 is 23.4 Å². The number of allylic oxidation sites excluding steroid dienone is 1. The van der Waals surface area contributed by atoms with Crippen LogP contribution in [0.2, 0.25) is 0 Å². The van der Waals surface area contributed by atoms with Gasteiger partial charge in [-0.25, -0.2) is 4.79 Å². The third-order valence-electron chi connectivity index (χ3n) is 5.29. The van der Waals surface area contributed by atoms with E-state index in [4.69, 9.17) is 4.74 Å². The Balaban J connectivity index is 2.45. The van der Waals surface area contributed by atoms with Crippen LogP contribution in [0, 0.1) is 5.92 Å². The van der Waals surface area contributed by atoms with Crippen LogP contribution in [0.1, 0.15) is 32.5 Å². The van der Waals surface area contributed by atoms with Gasteiger partial charge in [0.15, 0.2) is 5.70 Å². The third kappa shape index (κ3) is 6.50. The molecule has 1 N–H and O–H groups in total. The summed E-state index contributed by atoms with van der Waals surface area (Å²) >= 11 is 1.63.